The highest BCUT2D eigenvalue weighted by Gasteiger charge is 2.27. The van der Waals surface area contributed by atoms with Gasteiger partial charge in [0.05, 0.1) is 27.4 Å². The Kier molecular flexibility index (Phi) is 10.6. The van der Waals surface area contributed by atoms with Crippen molar-refractivity contribution in [2.24, 2.45) is 0 Å². The number of nitrogens with one attached hydrogen (secondary N) is 2. The summed E-state index contributed by atoms with van der Waals surface area (Å²) < 4.78 is 0. The maximum absolute atomic E-state index is 13.0. The first-order valence-electron chi connectivity index (χ1n) is 21.3. The van der Waals surface area contributed by atoms with Crippen LogP contribution in [-0.4, -0.2) is 32.9 Å². The van der Waals surface area contributed by atoms with Gasteiger partial charge in [-0.15, -0.1) is 5.54 Å². The van der Waals surface area contributed by atoms with Gasteiger partial charge < -0.3 is 9.97 Å². The highest BCUT2D eigenvalue weighted by atomic mass is 28.3. The molecular weight excluding hydrogens is 767 g/mol. The minimum Gasteiger partial charge on any atom is -0.354 e. The monoisotopic (exact) mass is 827 g/mol. The molecule has 3 aromatic heterocycles. The molecule has 2 N–H and O–H groups in total. The van der Waals surface area contributed by atoms with Crippen molar-refractivity contribution in [3.05, 3.63) is 121 Å². The van der Waals surface area contributed by atoms with Crippen LogP contribution < -0.4 is 0 Å². The average Bonchev–Trinajstić information content (AvgIpc) is 3.97. The molecular formula is C53H61N5O2Si. The van der Waals surface area contributed by atoms with Crippen LogP contribution in [-0.2, 0) is 21.7 Å². The van der Waals surface area contributed by atoms with E-state index >= 15 is 0 Å². The van der Waals surface area contributed by atoms with E-state index in [-0.39, 0.29) is 43.7 Å². The van der Waals surface area contributed by atoms with Crippen molar-refractivity contribution >= 4 is 60.1 Å². The quantitative estimate of drug-likeness (QED) is 0.0802. The Labute approximate surface area is 363 Å². The molecule has 2 aliphatic rings. The minimum absolute atomic E-state index is 0.101. The Morgan fingerprint density at radius 3 is 1.31 bits per heavy atom. The van der Waals surface area contributed by atoms with Crippen LogP contribution in [0.2, 0.25) is 19.6 Å². The van der Waals surface area contributed by atoms with Crippen LogP contribution in [0.25, 0.3) is 68.6 Å². The van der Waals surface area contributed by atoms with Gasteiger partial charge in [0, 0.05) is 27.7 Å². The lowest BCUT2D eigenvalue weighted by atomic mass is 9.79. The molecule has 0 spiro atoms. The molecule has 0 amide bonds. The number of hydrogen-bond acceptors (Lipinski definition) is 4. The van der Waals surface area contributed by atoms with Crippen molar-refractivity contribution in [1.29, 1.82) is 0 Å². The summed E-state index contributed by atoms with van der Waals surface area (Å²) >= 11 is 0. The van der Waals surface area contributed by atoms with E-state index < -0.39 is 8.07 Å². The SMILES string of the molecule is CC(C)(C)c1cc(-c2c3nc(c([N+](=O)[O-])c4nc(c(C#C[Si](C)(C)C)c5ccc([nH]5)c(-c5cc(C(C)(C)C)cc(C(C)(C)C)c5)c5ccc2[nH]5)C=C4)C=C3)cc(C(C)(C)C)c1. The largest absolute Gasteiger partial charge is 0.354 e. The Morgan fingerprint density at radius 1 is 0.525 bits per heavy atom. The maximum atomic E-state index is 13.0. The molecule has 5 aromatic rings. The molecule has 7 rings (SSSR count). The van der Waals surface area contributed by atoms with E-state index in [1.165, 1.54) is 22.3 Å². The highest BCUT2D eigenvalue weighted by Crippen LogP contribution is 2.41. The number of nitrogens with zero attached hydrogens (tertiary/aromatic N) is 3. The zero-order valence-electron chi connectivity index (χ0n) is 38.7. The normalized spacial score (nSPS) is 13.4. The molecule has 314 valence electrons. The van der Waals surface area contributed by atoms with Crippen molar-refractivity contribution in [1.82, 2.24) is 19.9 Å². The average molecular weight is 828 g/mol. The van der Waals surface area contributed by atoms with Crippen molar-refractivity contribution in [3.8, 4) is 33.7 Å². The van der Waals surface area contributed by atoms with Crippen LogP contribution in [0, 0.1) is 21.6 Å². The number of aromatic amines is 2. The topological polar surface area (TPSA) is 100 Å². The fraction of sp³-hybridized carbons (Fsp3) is 0.358. The number of fused-ring (bicyclic) bond motifs is 8. The maximum Gasteiger partial charge on any atom is 0.320 e. The van der Waals surface area contributed by atoms with Gasteiger partial charge in [-0.05, 0) is 104 Å². The van der Waals surface area contributed by atoms with Crippen LogP contribution in [0.4, 0.5) is 5.69 Å². The first-order chi connectivity index (χ1) is 28.2. The number of aromatic nitrogens is 4. The Balaban J connectivity index is 1.74. The van der Waals surface area contributed by atoms with Crippen LogP contribution >= 0.6 is 0 Å². The van der Waals surface area contributed by atoms with Crippen molar-refractivity contribution in [2.75, 3.05) is 0 Å². The first-order valence-corrected chi connectivity index (χ1v) is 24.8. The van der Waals surface area contributed by atoms with Gasteiger partial charge in [-0.2, -0.15) is 0 Å². The molecule has 2 aliphatic heterocycles. The number of benzene rings is 2. The predicted molar refractivity (Wildman–Crippen MR) is 261 cm³/mol. The molecule has 8 bridgehead atoms. The second kappa shape index (κ2) is 15.0. The molecule has 5 heterocycles. The van der Waals surface area contributed by atoms with Crippen LogP contribution in [0.15, 0.2) is 60.7 Å². The molecule has 0 saturated heterocycles. The molecule has 0 radical (unpaired) electrons. The third kappa shape index (κ3) is 8.99. The number of rotatable bonds is 3. The summed E-state index contributed by atoms with van der Waals surface area (Å²) in [5.74, 6) is 3.49. The summed E-state index contributed by atoms with van der Waals surface area (Å²) in [6.07, 6.45) is 7.20. The van der Waals surface area contributed by atoms with Crippen molar-refractivity contribution < 1.29 is 4.92 Å². The van der Waals surface area contributed by atoms with Gasteiger partial charge in [0.25, 0.3) is 0 Å². The molecule has 7 nitrogen and oxygen atoms in total. The number of H-pyrrole nitrogens is 2. The van der Waals surface area contributed by atoms with Gasteiger partial charge in [-0.1, -0.05) is 145 Å². The predicted octanol–water partition coefficient (Wildman–Crippen LogP) is 14.3. The van der Waals surface area contributed by atoms with E-state index in [2.05, 4.69) is 185 Å². The highest BCUT2D eigenvalue weighted by molar-refractivity contribution is 6.83. The zero-order chi connectivity index (χ0) is 44.6. The van der Waals surface area contributed by atoms with Gasteiger partial charge in [0.15, 0.2) is 0 Å². The summed E-state index contributed by atoms with van der Waals surface area (Å²) in [5.41, 5.74) is 17.7. The minimum atomic E-state index is -1.84. The first kappa shape index (κ1) is 43.3. The lowest BCUT2D eigenvalue weighted by Gasteiger charge is -2.26. The van der Waals surface area contributed by atoms with E-state index in [0.717, 1.165) is 44.3 Å². The van der Waals surface area contributed by atoms with E-state index in [9.17, 15) is 10.1 Å². The lowest BCUT2D eigenvalue weighted by molar-refractivity contribution is -0.385. The van der Waals surface area contributed by atoms with Gasteiger partial charge in [0.1, 0.15) is 19.5 Å². The van der Waals surface area contributed by atoms with Crippen molar-refractivity contribution in [2.45, 2.75) is 124 Å². The van der Waals surface area contributed by atoms with Crippen LogP contribution in [0.1, 0.15) is 134 Å². The van der Waals surface area contributed by atoms with Crippen LogP contribution in [0.3, 0.4) is 0 Å². The van der Waals surface area contributed by atoms with Gasteiger partial charge in [0.2, 0.25) is 0 Å². The molecule has 61 heavy (non-hydrogen) atoms. The summed E-state index contributed by atoms with van der Waals surface area (Å²) in [5, 5.41) is 13.0. The molecule has 2 aromatic carbocycles. The summed E-state index contributed by atoms with van der Waals surface area (Å²) in [6, 6.07) is 22.3. The third-order valence-corrected chi connectivity index (χ3v) is 12.3. The van der Waals surface area contributed by atoms with Gasteiger partial charge in [-0.3, -0.25) is 10.1 Å². The Bertz CT molecular complexity index is 2850. The molecule has 8 heteroatoms. The van der Waals surface area contributed by atoms with E-state index in [0.29, 0.717) is 17.0 Å². The number of hydrogen-bond donors (Lipinski definition) is 2. The number of nitro groups is 1. The van der Waals surface area contributed by atoms with E-state index in [1.807, 2.05) is 12.2 Å². The second-order valence-electron chi connectivity index (χ2n) is 21.8. The van der Waals surface area contributed by atoms with E-state index in [1.54, 1.807) is 12.2 Å². The van der Waals surface area contributed by atoms with Gasteiger partial charge >= 0.3 is 5.69 Å². The lowest BCUT2D eigenvalue weighted by Crippen LogP contribution is -2.16. The molecule has 0 aliphatic carbocycles. The molecule has 0 saturated carbocycles. The van der Waals surface area contributed by atoms with Crippen molar-refractivity contribution in [3.63, 3.8) is 0 Å². The third-order valence-electron chi connectivity index (χ3n) is 11.4. The summed E-state index contributed by atoms with van der Waals surface area (Å²) in [7, 11) is -1.84. The fourth-order valence-electron chi connectivity index (χ4n) is 7.65. The smallest absolute Gasteiger partial charge is 0.320 e. The molecule has 0 fully saturated rings. The van der Waals surface area contributed by atoms with Crippen LogP contribution in [0.5, 0.6) is 0 Å². The standard InChI is InChI=1S/C53H61N5O2Si/c1-50(2,3)34-26-32(27-35(30-34)51(4,5)6)47-41-18-16-39(54-41)38(24-25-61(13,14)15)40-17-22-45(55-40)49(58(59)60)46-23-21-44(57-46)48(43-20-19-42(47)56-43)33-28-36(52(7,8)9)31-37(29-33)53(10,11)12/h16-23,26-31,54,56H,1-15H3. The molecule has 0 atom stereocenters. The second-order valence-corrected chi connectivity index (χ2v) is 26.6. The summed E-state index contributed by atoms with van der Waals surface area (Å²) in [6.45, 7) is 33.6. The van der Waals surface area contributed by atoms with Gasteiger partial charge in [-0.25, -0.2) is 9.97 Å². The summed E-state index contributed by atoms with van der Waals surface area (Å²) in [4.78, 5) is 30.3. The Morgan fingerprint density at radius 2 is 0.885 bits per heavy atom. The fourth-order valence-corrected chi connectivity index (χ4v) is 8.15. The van der Waals surface area contributed by atoms with E-state index in [4.69, 9.17) is 9.97 Å². The molecule has 0 unspecified atom stereocenters. The Hall–Kier alpha value is -5.78. The zero-order valence-corrected chi connectivity index (χ0v) is 39.7.